The lowest BCUT2D eigenvalue weighted by Gasteiger charge is -2.15. The number of aromatic nitrogens is 3. The smallest absolute Gasteiger partial charge is 0.421 e. The number of hydrogen-bond acceptors (Lipinski definition) is 6. The fourth-order valence-electron chi connectivity index (χ4n) is 3.84. The van der Waals surface area contributed by atoms with E-state index >= 15 is 0 Å². The Morgan fingerprint density at radius 2 is 1.69 bits per heavy atom. The van der Waals surface area contributed by atoms with Gasteiger partial charge in [-0.05, 0) is 46.7 Å². The Labute approximate surface area is 211 Å². The lowest BCUT2D eigenvalue weighted by atomic mass is 9.97. The number of ether oxygens (including phenoxy) is 1. The van der Waals surface area contributed by atoms with E-state index in [1.807, 2.05) is 53.3 Å². The van der Waals surface area contributed by atoms with E-state index < -0.39 is 16.1 Å². The van der Waals surface area contributed by atoms with Crippen molar-refractivity contribution < 1.29 is 17.9 Å². The maximum absolute atomic E-state index is 13.2. The molecule has 0 saturated heterocycles. The number of nitrogens with zero attached hydrogens (tertiary/aromatic N) is 3. The Hall–Kier alpha value is -3.98. The highest BCUT2D eigenvalue weighted by molar-refractivity contribution is 7.90. The zero-order chi connectivity index (χ0) is 25.5. The van der Waals surface area contributed by atoms with E-state index in [0.29, 0.717) is 18.0 Å². The molecule has 0 spiro atoms. The van der Waals surface area contributed by atoms with E-state index in [-0.39, 0.29) is 11.5 Å². The average molecular weight is 505 g/mol. The minimum absolute atomic E-state index is 0.00990. The monoisotopic (exact) mass is 504 g/mol. The fourth-order valence-corrected chi connectivity index (χ4v) is 4.95. The molecule has 8 nitrogen and oxygen atoms in total. The molecule has 0 bridgehead atoms. The molecule has 3 aromatic carbocycles. The van der Waals surface area contributed by atoms with E-state index in [0.717, 1.165) is 28.7 Å². The Kier molecular flexibility index (Phi) is 7.80. The van der Waals surface area contributed by atoms with Crippen LogP contribution in [0.15, 0.2) is 90.3 Å². The number of benzene rings is 3. The summed E-state index contributed by atoms with van der Waals surface area (Å²) in [4.78, 5) is 16.3. The molecule has 36 heavy (non-hydrogen) atoms. The van der Waals surface area contributed by atoms with Crippen LogP contribution < -0.4 is 4.72 Å². The van der Waals surface area contributed by atoms with E-state index in [9.17, 15) is 13.2 Å². The molecular weight excluding hydrogens is 476 g/mol. The van der Waals surface area contributed by atoms with Gasteiger partial charge in [-0.2, -0.15) is 5.10 Å². The number of hydrogen-bond donors (Lipinski definition) is 1. The van der Waals surface area contributed by atoms with Gasteiger partial charge < -0.3 is 4.74 Å². The van der Waals surface area contributed by atoms with Crippen molar-refractivity contribution in [2.45, 2.75) is 38.3 Å². The van der Waals surface area contributed by atoms with E-state index in [2.05, 4.69) is 23.9 Å². The van der Waals surface area contributed by atoms with E-state index in [1.54, 1.807) is 35.3 Å². The van der Waals surface area contributed by atoms with Crippen molar-refractivity contribution in [3.05, 3.63) is 102 Å². The lowest BCUT2D eigenvalue weighted by molar-refractivity contribution is 0.146. The zero-order valence-electron chi connectivity index (χ0n) is 20.2. The molecule has 0 fully saturated rings. The van der Waals surface area contributed by atoms with Crippen molar-refractivity contribution in [1.29, 1.82) is 0 Å². The summed E-state index contributed by atoms with van der Waals surface area (Å²) in [7, 11) is -4.19. The Bertz CT molecular complexity index is 1400. The van der Waals surface area contributed by atoms with Crippen LogP contribution >= 0.6 is 0 Å². The zero-order valence-corrected chi connectivity index (χ0v) is 21.0. The Morgan fingerprint density at radius 3 is 2.36 bits per heavy atom. The number of carbonyl (C=O) groups is 1. The lowest BCUT2D eigenvalue weighted by Crippen LogP contribution is -2.31. The maximum Gasteiger partial charge on any atom is 0.421 e. The van der Waals surface area contributed by atoms with Gasteiger partial charge in [0.05, 0.1) is 11.4 Å². The largest absolute Gasteiger partial charge is 0.444 e. The fraction of sp³-hybridized carbons (Fsp3) is 0.222. The van der Waals surface area contributed by atoms with Crippen LogP contribution in [0, 0.1) is 5.92 Å². The molecule has 186 valence electrons. The molecule has 4 rings (SSSR count). The summed E-state index contributed by atoms with van der Waals surface area (Å²) >= 11 is 0. The number of amides is 1. The van der Waals surface area contributed by atoms with Crippen LogP contribution in [0.3, 0.4) is 0 Å². The number of carbonyl (C=O) groups excluding carboxylic acids is 1. The highest BCUT2D eigenvalue weighted by atomic mass is 32.2. The first-order chi connectivity index (χ1) is 17.3. The van der Waals surface area contributed by atoms with Crippen molar-refractivity contribution in [1.82, 2.24) is 19.5 Å². The average Bonchev–Trinajstić information content (AvgIpc) is 3.36. The molecule has 0 saturated carbocycles. The second kappa shape index (κ2) is 11.2. The summed E-state index contributed by atoms with van der Waals surface area (Å²) in [6.45, 7) is 4.73. The van der Waals surface area contributed by atoms with Crippen molar-refractivity contribution in [3.63, 3.8) is 0 Å². The minimum atomic E-state index is -4.19. The molecule has 1 amide bonds. The number of nitrogens with one attached hydrogen (secondary N) is 1. The van der Waals surface area contributed by atoms with E-state index in [4.69, 9.17) is 4.74 Å². The van der Waals surface area contributed by atoms with Crippen LogP contribution in [0.2, 0.25) is 0 Å². The number of sulfonamides is 1. The second-order valence-electron chi connectivity index (χ2n) is 8.89. The topological polar surface area (TPSA) is 103 Å². The summed E-state index contributed by atoms with van der Waals surface area (Å²) in [6.07, 6.45) is 2.88. The van der Waals surface area contributed by atoms with Crippen molar-refractivity contribution in [2.75, 3.05) is 0 Å². The molecule has 1 heterocycles. The summed E-state index contributed by atoms with van der Waals surface area (Å²) in [6, 6.07) is 21.8. The van der Waals surface area contributed by atoms with Gasteiger partial charge in [0.1, 0.15) is 19.3 Å². The third kappa shape index (κ3) is 6.57. The molecule has 0 aliphatic rings. The molecular formula is C27H28N4O4S. The van der Waals surface area contributed by atoms with Gasteiger partial charge >= 0.3 is 6.09 Å². The molecule has 0 aliphatic heterocycles. The van der Waals surface area contributed by atoms with Gasteiger partial charge in [-0.1, -0.05) is 74.5 Å². The SMILES string of the molecule is CC(C)Cc1ccc(S(=O)(=O)NC(=O)OCc2ccccc2)c(-c2ccc(Cn3cncn3)cc2)c1. The summed E-state index contributed by atoms with van der Waals surface area (Å²) < 4.78 is 35.3. The summed E-state index contributed by atoms with van der Waals surface area (Å²) in [5, 5.41) is 4.11. The van der Waals surface area contributed by atoms with Crippen LogP contribution in [0.25, 0.3) is 11.1 Å². The van der Waals surface area contributed by atoms with Crippen molar-refractivity contribution >= 4 is 16.1 Å². The Balaban J connectivity index is 1.59. The standard InChI is InChI=1S/C27H28N4O4S/c1-20(2)14-23-10-13-26(36(33,34)30-27(32)35-17-22-6-4-3-5-7-22)25(15-23)24-11-8-21(9-12-24)16-31-19-28-18-29-31/h3-13,15,18-20H,14,16-17H2,1-2H3,(H,30,32). The molecule has 9 heteroatoms. The van der Waals surface area contributed by atoms with Gasteiger partial charge in [-0.15, -0.1) is 0 Å². The third-order valence-corrected chi connectivity index (χ3v) is 6.85. The van der Waals surface area contributed by atoms with E-state index in [1.165, 1.54) is 6.33 Å². The maximum atomic E-state index is 13.2. The molecule has 1 N–H and O–H groups in total. The van der Waals surface area contributed by atoms with Crippen LogP contribution in [0.1, 0.15) is 30.5 Å². The molecule has 0 unspecified atom stereocenters. The predicted molar refractivity (Wildman–Crippen MR) is 136 cm³/mol. The van der Waals surface area contributed by atoms with Gasteiger partial charge in [0.15, 0.2) is 0 Å². The quantitative estimate of drug-likeness (QED) is 0.351. The first-order valence-electron chi connectivity index (χ1n) is 11.6. The molecule has 4 aromatic rings. The highest BCUT2D eigenvalue weighted by Crippen LogP contribution is 2.30. The van der Waals surface area contributed by atoms with Crippen LogP contribution in [-0.2, 0) is 34.3 Å². The minimum Gasteiger partial charge on any atom is -0.444 e. The molecule has 0 radical (unpaired) electrons. The van der Waals surface area contributed by atoms with Gasteiger partial charge in [0.25, 0.3) is 10.0 Å². The molecule has 0 aliphatic carbocycles. The van der Waals surface area contributed by atoms with Crippen molar-refractivity contribution in [3.8, 4) is 11.1 Å². The molecule has 1 aromatic heterocycles. The highest BCUT2D eigenvalue weighted by Gasteiger charge is 2.23. The second-order valence-corrected chi connectivity index (χ2v) is 10.5. The van der Waals surface area contributed by atoms with Gasteiger partial charge in [-0.3, -0.25) is 0 Å². The first kappa shape index (κ1) is 25.1. The van der Waals surface area contributed by atoms with Crippen molar-refractivity contribution in [2.24, 2.45) is 5.92 Å². The van der Waals surface area contributed by atoms with Crippen LogP contribution in [0.4, 0.5) is 4.79 Å². The van der Waals surface area contributed by atoms with Crippen LogP contribution in [-0.4, -0.2) is 29.3 Å². The van der Waals surface area contributed by atoms with Gasteiger partial charge in [0.2, 0.25) is 0 Å². The predicted octanol–water partition coefficient (Wildman–Crippen LogP) is 4.81. The Morgan fingerprint density at radius 1 is 0.972 bits per heavy atom. The van der Waals surface area contributed by atoms with Gasteiger partial charge in [0, 0.05) is 5.56 Å². The van der Waals surface area contributed by atoms with Gasteiger partial charge in [-0.25, -0.2) is 27.6 Å². The van der Waals surface area contributed by atoms with Crippen LogP contribution in [0.5, 0.6) is 0 Å². The normalized spacial score (nSPS) is 11.4. The third-order valence-electron chi connectivity index (χ3n) is 5.48. The summed E-state index contributed by atoms with van der Waals surface area (Å²) in [5.74, 6) is 0.399. The summed E-state index contributed by atoms with van der Waals surface area (Å²) in [5.41, 5.74) is 4.01. The first-order valence-corrected chi connectivity index (χ1v) is 13.1. The number of rotatable bonds is 9. The molecule has 0 atom stereocenters.